The molecule has 0 radical (unpaired) electrons. The molecular formula is C17H24FN. The summed E-state index contributed by atoms with van der Waals surface area (Å²) in [5, 5.41) is 3.45. The number of fused-ring (bicyclic) bond motifs is 1. The van der Waals surface area contributed by atoms with Gasteiger partial charge in [-0.3, -0.25) is 0 Å². The van der Waals surface area contributed by atoms with Crippen LogP contribution in [0.15, 0.2) is 18.2 Å². The summed E-state index contributed by atoms with van der Waals surface area (Å²) in [4.78, 5) is 0. The molecule has 3 rings (SSSR count). The molecule has 19 heavy (non-hydrogen) atoms. The highest BCUT2D eigenvalue weighted by Gasteiger charge is 2.32. The van der Waals surface area contributed by atoms with Gasteiger partial charge in [0, 0.05) is 6.04 Å². The normalized spacial score (nSPS) is 30.7. The number of halogens is 1. The molecule has 1 N–H and O–H groups in total. The van der Waals surface area contributed by atoms with E-state index in [1.807, 2.05) is 19.1 Å². The first-order valence-corrected chi connectivity index (χ1v) is 7.75. The van der Waals surface area contributed by atoms with Crippen LogP contribution in [0, 0.1) is 24.6 Å². The summed E-state index contributed by atoms with van der Waals surface area (Å²) in [6.07, 6.45) is 9.40. The van der Waals surface area contributed by atoms with E-state index in [0.29, 0.717) is 11.7 Å². The Labute approximate surface area is 115 Å². The minimum absolute atomic E-state index is 0.114. The van der Waals surface area contributed by atoms with Crippen LogP contribution in [0.5, 0.6) is 0 Å². The van der Waals surface area contributed by atoms with Crippen LogP contribution in [0.1, 0.15) is 50.5 Å². The van der Waals surface area contributed by atoms with Gasteiger partial charge in [0.1, 0.15) is 5.82 Å². The monoisotopic (exact) mass is 261 g/mol. The Bertz CT molecular complexity index is 443. The molecule has 104 valence electrons. The van der Waals surface area contributed by atoms with Crippen LogP contribution in [0.4, 0.5) is 10.1 Å². The maximum Gasteiger partial charge on any atom is 0.146 e. The Hall–Kier alpha value is -1.05. The number of aryl methyl sites for hydroxylation is 1. The number of benzene rings is 1. The van der Waals surface area contributed by atoms with Crippen LogP contribution in [0.2, 0.25) is 0 Å². The Morgan fingerprint density at radius 2 is 1.84 bits per heavy atom. The van der Waals surface area contributed by atoms with Gasteiger partial charge in [0.2, 0.25) is 0 Å². The quantitative estimate of drug-likeness (QED) is 0.798. The Balaban J connectivity index is 1.65. The number of anilines is 1. The Morgan fingerprint density at radius 3 is 2.68 bits per heavy atom. The van der Waals surface area contributed by atoms with Gasteiger partial charge >= 0.3 is 0 Å². The average Bonchev–Trinajstić information content (AvgIpc) is 2.43. The van der Waals surface area contributed by atoms with Gasteiger partial charge in [-0.25, -0.2) is 4.39 Å². The lowest BCUT2D eigenvalue weighted by molar-refractivity contribution is 0.162. The standard InChI is InChI=1S/C17H24FN/c1-12-6-9-16(18)17(10-12)19-15-8-7-13-4-2-3-5-14(13)11-15/h6,9-10,13-15,19H,2-5,7-8,11H2,1H3. The highest BCUT2D eigenvalue weighted by Crippen LogP contribution is 2.41. The predicted molar refractivity (Wildman–Crippen MR) is 77.8 cm³/mol. The first kappa shape index (κ1) is 13.0. The lowest BCUT2D eigenvalue weighted by Crippen LogP contribution is -2.34. The van der Waals surface area contributed by atoms with E-state index in [1.54, 1.807) is 6.07 Å². The van der Waals surface area contributed by atoms with E-state index in [1.165, 1.54) is 44.9 Å². The summed E-state index contributed by atoms with van der Waals surface area (Å²) in [6, 6.07) is 5.81. The van der Waals surface area contributed by atoms with E-state index in [4.69, 9.17) is 0 Å². The molecule has 2 heteroatoms. The molecule has 0 aliphatic heterocycles. The first-order valence-electron chi connectivity index (χ1n) is 7.75. The summed E-state index contributed by atoms with van der Waals surface area (Å²) in [5.74, 6) is 1.72. The first-order chi connectivity index (χ1) is 9.22. The van der Waals surface area contributed by atoms with E-state index in [-0.39, 0.29) is 5.82 Å². The summed E-state index contributed by atoms with van der Waals surface area (Å²) in [7, 11) is 0. The Morgan fingerprint density at radius 1 is 1.05 bits per heavy atom. The lowest BCUT2D eigenvalue weighted by atomic mass is 9.69. The zero-order chi connectivity index (χ0) is 13.2. The number of nitrogens with one attached hydrogen (secondary N) is 1. The van der Waals surface area contributed by atoms with Gasteiger partial charge in [-0.05, 0) is 55.7 Å². The fraction of sp³-hybridized carbons (Fsp3) is 0.647. The van der Waals surface area contributed by atoms with Crippen molar-refractivity contribution in [2.24, 2.45) is 11.8 Å². The maximum absolute atomic E-state index is 13.8. The SMILES string of the molecule is Cc1ccc(F)c(NC2CCC3CCCCC3C2)c1. The van der Waals surface area contributed by atoms with Crippen molar-refractivity contribution in [2.75, 3.05) is 5.32 Å². The molecule has 2 aliphatic rings. The maximum atomic E-state index is 13.8. The molecule has 0 spiro atoms. The third-order valence-corrected chi connectivity index (χ3v) is 5.02. The van der Waals surface area contributed by atoms with Crippen molar-refractivity contribution in [3.8, 4) is 0 Å². The van der Waals surface area contributed by atoms with E-state index in [0.717, 1.165) is 17.4 Å². The second kappa shape index (κ2) is 5.52. The molecule has 0 heterocycles. The topological polar surface area (TPSA) is 12.0 Å². The fourth-order valence-corrected chi connectivity index (χ4v) is 3.97. The van der Waals surface area contributed by atoms with Crippen molar-refractivity contribution in [3.05, 3.63) is 29.6 Å². The van der Waals surface area contributed by atoms with Gasteiger partial charge in [0.05, 0.1) is 5.69 Å². The van der Waals surface area contributed by atoms with Gasteiger partial charge in [-0.1, -0.05) is 31.7 Å². The third-order valence-electron chi connectivity index (χ3n) is 5.02. The highest BCUT2D eigenvalue weighted by atomic mass is 19.1. The van der Waals surface area contributed by atoms with Crippen LogP contribution in [-0.4, -0.2) is 6.04 Å². The number of rotatable bonds is 2. The highest BCUT2D eigenvalue weighted by molar-refractivity contribution is 5.47. The average molecular weight is 261 g/mol. The molecule has 3 atom stereocenters. The van der Waals surface area contributed by atoms with Crippen LogP contribution in [0.3, 0.4) is 0 Å². The van der Waals surface area contributed by atoms with Crippen molar-refractivity contribution in [2.45, 2.75) is 57.9 Å². The van der Waals surface area contributed by atoms with Crippen molar-refractivity contribution in [1.82, 2.24) is 0 Å². The summed E-state index contributed by atoms with van der Waals surface area (Å²) in [6.45, 7) is 2.02. The number of hydrogen-bond donors (Lipinski definition) is 1. The molecule has 2 saturated carbocycles. The van der Waals surface area contributed by atoms with Gasteiger partial charge in [-0.15, -0.1) is 0 Å². The molecule has 2 fully saturated rings. The molecule has 0 amide bonds. The summed E-state index contributed by atoms with van der Waals surface area (Å²) < 4.78 is 13.8. The van der Waals surface area contributed by atoms with Gasteiger partial charge in [-0.2, -0.15) is 0 Å². The summed E-state index contributed by atoms with van der Waals surface area (Å²) in [5.41, 5.74) is 1.81. The van der Waals surface area contributed by atoms with Crippen molar-refractivity contribution >= 4 is 5.69 Å². The van der Waals surface area contributed by atoms with Crippen LogP contribution in [0.25, 0.3) is 0 Å². The third kappa shape index (κ3) is 2.93. The zero-order valence-electron chi connectivity index (χ0n) is 11.8. The molecule has 1 aromatic carbocycles. The van der Waals surface area contributed by atoms with Crippen LogP contribution in [-0.2, 0) is 0 Å². The molecule has 1 nitrogen and oxygen atoms in total. The summed E-state index contributed by atoms with van der Waals surface area (Å²) >= 11 is 0. The lowest BCUT2D eigenvalue weighted by Gasteiger charge is -2.39. The van der Waals surface area contributed by atoms with Gasteiger partial charge in [0.25, 0.3) is 0 Å². The largest absolute Gasteiger partial charge is 0.380 e. The number of hydrogen-bond acceptors (Lipinski definition) is 1. The minimum Gasteiger partial charge on any atom is -0.380 e. The van der Waals surface area contributed by atoms with E-state index < -0.39 is 0 Å². The zero-order valence-corrected chi connectivity index (χ0v) is 11.8. The second-order valence-corrected chi connectivity index (χ2v) is 6.44. The van der Waals surface area contributed by atoms with Crippen molar-refractivity contribution in [3.63, 3.8) is 0 Å². The predicted octanol–water partition coefficient (Wildman–Crippen LogP) is 4.90. The van der Waals surface area contributed by atoms with Crippen molar-refractivity contribution in [1.29, 1.82) is 0 Å². The molecule has 1 aromatic rings. The van der Waals surface area contributed by atoms with Crippen LogP contribution >= 0.6 is 0 Å². The molecule has 0 bridgehead atoms. The van der Waals surface area contributed by atoms with E-state index in [2.05, 4.69) is 5.32 Å². The molecule has 2 aliphatic carbocycles. The minimum atomic E-state index is -0.114. The molecular weight excluding hydrogens is 237 g/mol. The molecule has 3 unspecified atom stereocenters. The van der Waals surface area contributed by atoms with E-state index in [9.17, 15) is 4.39 Å². The second-order valence-electron chi connectivity index (χ2n) is 6.44. The van der Waals surface area contributed by atoms with Gasteiger partial charge in [0.15, 0.2) is 0 Å². The van der Waals surface area contributed by atoms with Crippen molar-refractivity contribution < 1.29 is 4.39 Å². The van der Waals surface area contributed by atoms with Crippen LogP contribution < -0.4 is 5.32 Å². The molecule has 0 saturated heterocycles. The van der Waals surface area contributed by atoms with E-state index >= 15 is 0 Å². The smallest absolute Gasteiger partial charge is 0.146 e. The van der Waals surface area contributed by atoms with Gasteiger partial charge < -0.3 is 5.32 Å². The molecule has 0 aromatic heterocycles. The fourth-order valence-electron chi connectivity index (χ4n) is 3.97. The Kier molecular flexibility index (Phi) is 3.76.